The second-order valence-corrected chi connectivity index (χ2v) is 11.5. The number of aryl methyl sites for hydroxylation is 1. The molecule has 1 aromatic carbocycles. The monoisotopic (exact) mass is 288 g/mol. The fourth-order valence-corrected chi connectivity index (χ4v) is 2.81. The molecule has 3 nitrogen and oxygen atoms in total. The van der Waals surface area contributed by atoms with Gasteiger partial charge in [-0.15, -0.1) is 0 Å². The van der Waals surface area contributed by atoms with E-state index in [0.29, 0.717) is 0 Å². The molecule has 0 bridgehead atoms. The van der Waals surface area contributed by atoms with Crippen LogP contribution in [-0.4, -0.2) is 18.5 Å². The summed E-state index contributed by atoms with van der Waals surface area (Å²) in [6.45, 7) is 13.4. The van der Waals surface area contributed by atoms with Crippen molar-refractivity contribution in [3.05, 3.63) is 36.0 Å². The number of benzene rings is 1. The summed E-state index contributed by atoms with van der Waals surface area (Å²) in [7, 11) is -1.84. The Morgan fingerprint density at radius 2 is 1.85 bits per heavy atom. The third kappa shape index (κ3) is 2.95. The first-order valence-corrected chi connectivity index (χ1v) is 9.91. The van der Waals surface area contributed by atoms with Crippen LogP contribution in [0.5, 0.6) is 5.75 Å². The summed E-state index contributed by atoms with van der Waals surface area (Å²) in [5, 5.41) is 7.35. The lowest BCUT2D eigenvalue weighted by Crippen LogP contribution is -2.44. The van der Waals surface area contributed by atoms with Crippen LogP contribution in [0.15, 0.2) is 30.5 Å². The van der Waals surface area contributed by atoms with E-state index < -0.39 is 8.32 Å². The molecular weight excluding hydrogens is 264 g/mol. The molecule has 1 N–H and O–H groups in total. The highest BCUT2D eigenvalue weighted by atomic mass is 28.4. The zero-order valence-corrected chi connectivity index (χ0v) is 14.2. The number of rotatable bonds is 3. The van der Waals surface area contributed by atoms with Gasteiger partial charge in [-0.1, -0.05) is 32.4 Å². The molecule has 0 spiro atoms. The van der Waals surface area contributed by atoms with Crippen LogP contribution in [-0.2, 0) is 0 Å². The van der Waals surface area contributed by atoms with E-state index in [4.69, 9.17) is 4.43 Å². The van der Waals surface area contributed by atoms with Crippen LogP contribution in [0.4, 0.5) is 0 Å². The molecule has 0 aliphatic heterocycles. The van der Waals surface area contributed by atoms with Crippen LogP contribution in [0.3, 0.4) is 0 Å². The van der Waals surface area contributed by atoms with E-state index in [1.165, 1.54) is 5.56 Å². The topological polar surface area (TPSA) is 37.9 Å². The number of aromatic amines is 1. The van der Waals surface area contributed by atoms with Crippen molar-refractivity contribution in [1.29, 1.82) is 0 Å². The first kappa shape index (κ1) is 14.8. The molecule has 0 fully saturated rings. The van der Waals surface area contributed by atoms with Gasteiger partial charge in [0.1, 0.15) is 5.75 Å². The minimum Gasteiger partial charge on any atom is -0.543 e. The van der Waals surface area contributed by atoms with Gasteiger partial charge in [-0.2, -0.15) is 5.10 Å². The molecule has 2 aromatic rings. The SMILES string of the molecule is Cc1ccc(O[Si](C)(C)C(C)(C)C)c(-c2cc[nH]n2)c1. The van der Waals surface area contributed by atoms with E-state index >= 15 is 0 Å². The van der Waals surface area contributed by atoms with Gasteiger partial charge in [0.25, 0.3) is 8.32 Å². The van der Waals surface area contributed by atoms with Gasteiger partial charge in [-0.05, 0) is 43.3 Å². The van der Waals surface area contributed by atoms with Gasteiger partial charge >= 0.3 is 0 Å². The van der Waals surface area contributed by atoms with Crippen molar-refractivity contribution in [2.24, 2.45) is 0 Å². The van der Waals surface area contributed by atoms with Gasteiger partial charge in [-0.25, -0.2) is 0 Å². The van der Waals surface area contributed by atoms with Gasteiger partial charge in [-0.3, -0.25) is 5.10 Å². The Kier molecular flexibility index (Phi) is 3.78. The lowest BCUT2D eigenvalue weighted by molar-refractivity contribution is 0.493. The largest absolute Gasteiger partial charge is 0.543 e. The third-order valence-electron chi connectivity index (χ3n) is 4.08. The molecule has 20 heavy (non-hydrogen) atoms. The van der Waals surface area contributed by atoms with E-state index in [-0.39, 0.29) is 5.04 Å². The Labute approximate surface area is 122 Å². The number of hydrogen-bond donors (Lipinski definition) is 1. The predicted octanol–water partition coefficient (Wildman–Crippen LogP) is 4.77. The average molecular weight is 288 g/mol. The van der Waals surface area contributed by atoms with Crippen LogP contribution in [0.2, 0.25) is 18.1 Å². The molecule has 2 rings (SSSR count). The zero-order valence-electron chi connectivity index (χ0n) is 13.2. The molecule has 0 aliphatic carbocycles. The number of nitrogens with zero attached hydrogens (tertiary/aromatic N) is 1. The first-order valence-electron chi connectivity index (χ1n) is 7.00. The maximum Gasteiger partial charge on any atom is 0.250 e. The van der Waals surface area contributed by atoms with Crippen LogP contribution in [0.1, 0.15) is 26.3 Å². The number of hydrogen-bond acceptors (Lipinski definition) is 2. The second-order valence-electron chi connectivity index (χ2n) is 6.82. The number of H-pyrrole nitrogens is 1. The summed E-state index contributed by atoms with van der Waals surface area (Å²) in [4.78, 5) is 0. The van der Waals surface area contributed by atoms with E-state index in [9.17, 15) is 0 Å². The van der Waals surface area contributed by atoms with E-state index in [1.807, 2.05) is 12.3 Å². The lowest BCUT2D eigenvalue weighted by atomic mass is 10.1. The molecule has 1 heterocycles. The number of aromatic nitrogens is 2. The van der Waals surface area contributed by atoms with Gasteiger partial charge in [0.2, 0.25) is 0 Å². The Morgan fingerprint density at radius 1 is 1.15 bits per heavy atom. The molecule has 4 heteroatoms. The Balaban J connectivity index is 2.43. The van der Waals surface area contributed by atoms with Crippen molar-refractivity contribution in [2.45, 2.75) is 45.8 Å². The first-order chi connectivity index (χ1) is 9.21. The molecule has 0 unspecified atom stereocenters. The van der Waals surface area contributed by atoms with Crippen LogP contribution in [0.25, 0.3) is 11.3 Å². The molecule has 0 amide bonds. The summed E-state index contributed by atoms with van der Waals surface area (Å²) in [5.74, 6) is 0.939. The van der Waals surface area contributed by atoms with Crippen LogP contribution in [0, 0.1) is 6.92 Å². The predicted molar refractivity (Wildman–Crippen MR) is 86.6 cm³/mol. The molecule has 0 saturated carbocycles. The Bertz CT molecular complexity index is 583. The van der Waals surface area contributed by atoms with Gasteiger partial charge in [0.15, 0.2) is 0 Å². The van der Waals surface area contributed by atoms with Gasteiger partial charge < -0.3 is 4.43 Å². The lowest BCUT2D eigenvalue weighted by Gasteiger charge is -2.37. The second kappa shape index (κ2) is 5.09. The highest BCUT2D eigenvalue weighted by molar-refractivity contribution is 6.74. The normalized spacial score (nSPS) is 12.5. The van der Waals surface area contributed by atoms with Gasteiger partial charge in [0.05, 0.1) is 5.69 Å². The molecular formula is C16H24N2OSi. The summed E-state index contributed by atoms with van der Waals surface area (Å²) in [6, 6.07) is 8.28. The highest BCUT2D eigenvalue weighted by Gasteiger charge is 2.39. The third-order valence-corrected chi connectivity index (χ3v) is 8.43. The maximum absolute atomic E-state index is 6.46. The quantitative estimate of drug-likeness (QED) is 0.826. The van der Waals surface area contributed by atoms with Gasteiger partial charge in [0, 0.05) is 11.8 Å². The summed E-state index contributed by atoms with van der Waals surface area (Å²) in [6.07, 6.45) is 1.84. The van der Waals surface area contributed by atoms with Crippen molar-refractivity contribution in [3.63, 3.8) is 0 Å². The average Bonchev–Trinajstić information content (AvgIpc) is 2.83. The summed E-state index contributed by atoms with van der Waals surface area (Å²) < 4.78 is 6.46. The highest BCUT2D eigenvalue weighted by Crippen LogP contribution is 2.40. The fourth-order valence-electron chi connectivity index (χ4n) is 1.77. The number of nitrogens with one attached hydrogen (secondary N) is 1. The fraction of sp³-hybridized carbons (Fsp3) is 0.438. The molecule has 1 aromatic heterocycles. The van der Waals surface area contributed by atoms with Crippen LogP contribution < -0.4 is 4.43 Å². The van der Waals surface area contributed by atoms with Crippen LogP contribution >= 0.6 is 0 Å². The minimum absolute atomic E-state index is 0.181. The summed E-state index contributed by atoms with van der Waals surface area (Å²) in [5.41, 5.74) is 3.21. The van der Waals surface area contributed by atoms with Crippen molar-refractivity contribution in [1.82, 2.24) is 10.2 Å². The molecule has 0 saturated heterocycles. The molecule has 108 valence electrons. The van der Waals surface area contributed by atoms with E-state index in [1.54, 1.807) is 0 Å². The van der Waals surface area contributed by atoms with Crippen molar-refractivity contribution in [2.75, 3.05) is 0 Å². The van der Waals surface area contributed by atoms with Crippen molar-refractivity contribution < 1.29 is 4.43 Å². The molecule has 0 atom stereocenters. The van der Waals surface area contributed by atoms with E-state index in [2.05, 4.69) is 69.2 Å². The van der Waals surface area contributed by atoms with E-state index in [0.717, 1.165) is 17.0 Å². The molecule has 0 radical (unpaired) electrons. The van der Waals surface area contributed by atoms with Crippen molar-refractivity contribution >= 4 is 8.32 Å². The smallest absolute Gasteiger partial charge is 0.250 e. The van der Waals surface area contributed by atoms with Crippen molar-refractivity contribution in [3.8, 4) is 17.0 Å². The minimum atomic E-state index is -1.84. The Hall–Kier alpha value is -1.55. The maximum atomic E-state index is 6.46. The molecule has 0 aliphatic rings. The zero-order chi connectivity index (χ0) is 15.0. The summed E-state index contributed by atoms with van der Waals surface area (Å²) >= 11 is 0. The Morgan fingerprint density at radius 3 is 2.40 bits per heavy atom. The standard InChI is InChI=1S/C16H24N2OSi/c1-12-7-8-15(19-20(5,6)16(2,3)4)13(11-12)14-9-10-17-18-14/h7-11H,1-6H3,(H,17,18).